The molecular weight excluding hydrogens is 364 g/mol. The molecule has 3 aromatic rings. The van der Waals surface area contributed by atoms with E-state index in [2.05, 4.69) is 4.98 Å². The summed E-state index contributed by atoms with van der Waals surface area (Å²) in [6, 6.07) is 11.3. The molecule has 3 heterocycles. The van der Waals surface area contributed by atoms with Gasteiger partial charge in [-0.3, -0.25) is 4.79 Å². The van der Waals surface area contributed by atoms with Crippen LogP contribution in [0.4, 0.5) is 0 Å². The minimum atomic E-state index is -0.127. The topological polar surface area (TPSA) is 66.8 Å². The third-order valence-electron chi connectivity index (χ3n) is 6.06. The Balaban J connectivity index is 1.48. The van der Waals surface area contributed by atoms with Crippen LogP contribution in [-0.2, 0) is 6.54 Å². The number of aromatic nitrogens is 1. The summed E-state index contributed by atoms with van der Waals surface area (Å²) < 4.78 is 6.05. The van der Waals surface area contributed by atoms with Gasteiger partial charge in [0, 0.05) is 22.7 Å². The molecule has 0 radical (unpaired) electrons. The molecule has 5 heteroatoms. The van der Waals surface area contributed by atoms with E-state index in [9.17, 15) is 9.90 Å². The number of ether oxygens (including phenoxy) is 1. The van der Waals surface area contributed by atoms with Gasteiger partial charge in [0.05, 0.1) is 24.2 Å². The number of aromatic hydroxyl groups is 1. The molecule has 3 N–H and O–H groups in total. The highest BCUT2D eigenvalue weighted by Crippen LogP contribution is 2.39. The summed E-state index contributed by atoms with van der Waals surface area (Å²) in [5.41, 5.74) is 3.22. The lowest BCUT2D eigenvalue weighted by atomic mass is 10.0. The highest BCUT2D eigenvalue weighted by molar-refractivity contribution is 6.15. The van der Waals surface area contributed by atoms with Crippen molar-refractivity contribution in [1.29, 1.82) is 0 Å². The number of allylic oxidation sites excluding steroid dienone is 1. The fourth-order valence-electron chi connectivity index (χ4n) is 4.48. The van der Waals surface area contributed by atoms with Gasteiger partial charge in [0.15, 0.2) is 11.5 Å². The van der Waals surface area contributed by atoms with Gasteiger partial charge in [-0.2, -0.15) is 0 Å². The van der Waals surface area contributed by atoms with E-state index in [4.69, 9.17) is 4.74 Å². The number of H-pyrrole nitrogens is 1. The van der Waals surface area contributed by atoms with Gasteiger partial charge in [-0.1, -0.05) is 18.2 Å². The lowest BCUT2D eigenvalue weighted by Gasteiger charge is -2.18. The number of phenols is 1. The average molecular weight is 389 g/mol. The number of hydrogen-bond donors (Lipinski definition) is 3. The summed E-state index contributed by atoms with van der Waals surface area (Å²) in [5, 5.41) is 11.6. The molecule has 0 saturated carbocycles. The van der Waals surface area contributed by atoms with Gasteiger partial charge in [-0.15, -0.1) is 0 Å². The van der Waals surface area contributed by atoms with Crippen molar-refractivity contribution >= 4 is 22.8 Å². The first-order chi connectivity index (χ1) is 14.2. The normalized spacial score (nSPS) is 18.8. The Morgan fingerprint density at radius 2 is 1.86 bits per heavy atom. The van der Waals surface area contributed by atoms with Crippen molar-refractivity contribution in [3.8, 4) is 11.5 Å². The highest BCUT2D eigenvalue weighted by atomic mass is 16.5. The van der Waals surface area contributed by atoms with Crippen molar-refractivity contribution in [3.63, 3.8) is 0 Å². The first kappa shape index (κ1) is 18.0. The van der Waals surface area contributed by atoms with Gasteiger partial charge < -0.3 is 19.7 Å². The van der Waals surface area contributed by atoms with Crippen molar-refractivity contribution in [3.05, 3.63) is 65.0 Å². The van der Waals surface area contributed by atoms with Crippen LogP contribution >= 0.6 is 0 Å². The monoisotopic (exact) mass is 389 g/mol. The van der Waals surface area contributed by atoms with Crippen LogP contribution in [0.5, 0.6) is 11.5 Å². The number of nitrogens with one attached hydrogen (secondary N) is 2. The predicted octanol–water partition coefficient (Wildman–Crippen LogP) is 3.45. The minimum Gasteiger partial charge on any atom is -0.507 e. The van der Waals surface area contributed by atoms with Gasteiger partial charge in [-0.25, -0.2) is 0 Å². The number of phenolic OH excluding ortho intramolecular Hbond substituents is 1. The van der Waals surface area contributed by atoms with Crippen molar-refractivity contribution in [2.45, 2.75) is 32.2 Å². The van der Waals surface area contributed by atoms with Crippen LogP contribution in [0.15, 0.2) is 48.4 Å². The Morgan fingerprint density at radius 1 is 1.07 bits per heavy atom. The van der Waals surface area contributed by atoms with Crippen molar-refractivity contribution in [2.75, 3.05) is 13.1 Å². The minimum absolute atomic E-state index is 0.127. The Kier molecular flexibility index (Phi) is 4.60. The third-order valence-corrected chi connectivity index (χ3v) is 6.06. The molecule has 2 aliphatic heterocycles. The summed E-state index contributed by atoms with van der Waals surface area (Å²) in [6.45, 7) is 2.87. The standard InChI is InChI=1S/C24H24N2O3/c27-21-10-9-18-23(28)22(13-16-14-25-20-8-4-3-7-17(16)20)29-24(18)19(21)15-26-11-5-1-2-6-12-26/h3-4,7-10,13-14,25,27H,1-2,5-6,11-12,15H2/p+1/b22-13+. The quantitative estimate of drug-likeness (QED) is 0.601. The predicted molar refractivity (Wildman–Crippen MR) is 112 cm³/mol. The van der Waals surface area contributed by atoms with Crippen LogP contribution < -0.4 is 9.64 Å². The molecule has 2 aromatic carbocycles. The lowest BCUT2D eigenvalue weighted by molar-refractivity contribution is -0.913. The fourth-order valence-corrected chi connectivity index (χ4v) is 4.48. The number of benzene rings is 2. The van der Waals surface area contributed by atoms with Crippen LogP contribution in [0.3, 0.4) is 0 Å². The van der Waals surface area contributed by atoms with E-state index in [0.717, 1.165) is 35.1 Å². The molecule has 29 heavy (non-hydrogen) atoms. The molecule has 0 atom stereocenters. The van der Waals surface area contributed by atoms with E-state index in [1.807, 2.05) is 30.5 Å². The van der Waals surface area contributed by atoms with E-state index in [1.165, 1.54) is 30.6 Å². The summed E-state index contributed by atoms with van der Waals surface area (Å²) >= 11 is 0. The van der Waals surface area contributed by atoms with E-state index in [1.54, 1.807) is 18.2 Å². The molecule has 5 rings (SSSR count). The number of fused-ring (bicyclic) bond motifs is 2. The Labute approximate surface area is 169 Å². The van der Waals surface area contributed by atoms with E-state index in [0.29, 0.717) is 23.6 Å². The smallest absolute Gasteiger partial charge is 0.231 e. The molecule has 0 aliphatic carbocycles. The zero-order valence-corrected chi connectivity index (χ0v) is 16.3. The van der Waals surface area contributed by atoms with Crippen LogP contribution in [0, 0.1) is 0 Å². The second kappa shape index (κ2) is 7.41. The van der Waals surface area contributed by atoms with Crippen molar-refractivity contribution in [2.24, 2.45) is 0 Å². The number of hydrogen-bond acceptors (Lipinski definition) is 3. The van der Waals surface area contributed by atoms with Crippen LogP contribution in [0.1, 0.15) is 47.2 Å². The van der Waals surface area contributed by atoms with E-state index < -0.39 is 0 Å². The second-order valence-electron chi connectivity index (χ2n) is 8.01. The molecule has 5 nitrogen and oxygen atoms in total. The zero-order valence-electron chi connectivity index (χ0n) is 16.3. The molecular formula is C24H25N2O3+. The fraction of sp³-hybridized carbons (Fsp3) is 0.292. The molecule has 1 aromatic heterocycles. The van der Waals surface area contributed by atoms with Gasteiger partial charge in [0.25, 0.3) is 0 Å². The zero-order chi connectivity index (χ0) is 19.8. The SMILES string of the molecule is O=C1/C(=C\c2c[nH]c3ccccc23)Oc2c1ccc(O)c2C[NH+]1CCCCCC1. The number of carbonyl (C=O) groups is 1. The Hall–Kier alpha value is -3.05. The molecule has 0 spiro atoms. The summed E-state index contributed by atoms with van der Waals surface area (Å²) in [4.78, 5) is 17.6. The summed E-state index contributed by atoms with van der Waals surface area (Å²) in [7, 11) is 0. The summed E-state index contributed by atoms with van der Waals surface area (Å²) in [5.74, 6) is 0.916. The molecule has 1 saturated heterocycles. The van der Waals surface area contributed by atoms with Crippen LogP contribution in [-0.4, -0.2) is 29.0 Å². The molecule has 0 bridgehead atoms. The first-order valence-electron chi connectivity index (χ1n) is 10.4. The average Bonchev–Trinajstić information content (AvgIpc) is 3.15. The van der Waals surface area contributed by atoms with Crippen molar-refractivity contribution < 1.29 is 19.5 Å². The number of carbonyl (C=O) groups excluding carboxylic acids is 1. The maximum Gasteiger partial charge on any atom is 0.231 e. The van der Waals surface area contributed by atoms with E-state index >= 15 is 0 Å². The number of aromatic amines is 1. The second-order valence-corrected chi connectivity index (χ2v) is 8.01. The molecule has 2 aliphatic rings. The lowest BCUT2D eigenvalue weighted by Crippen LogP contribution is -3.10. The van der Waals surface area contributed by atoms with Gasteiger partial charge >= 0.3 is 0 Å². The number of quaternary nitrogens is 1. The maximum absolute atomic E-state index is 13.0. The largest absolute Gasteiger partial charge is 0.507 e. The highest BCUT2D eigenvalue weighted by Gasteiger charge is 2.32. The number of rotatable bonds is 3. The summed E-state index contributed by atoms with van der Waals surface area (Å²) in [6.07, 6.45) is 8.63. The maximum atomic E-state index is 13.0. The number of Topliss-reactive ketones (excluding diaryl/α,β-unsaturated/α-hetero) is 1. The van der Waals surface area contributed by atoms with Crippen molar-refractivity contribution in [1.82, 2.24) is 4.98 Å². The van der Waals surface area contributed by atoms with Gasteiger partial charge in [0.2, 0.25) is 5.78 Å². The first-order valence-corrected chi connectivity index (χ1v) is 10.4. The van der Waals surface area contributed by atoms with Gasteiger partial charge in [0.1, 0.15) is 12.3 Å². The molecule has 0 unspecified atom stereocenters. The molecule has 148 valence electrons. The Bertz CT molecular complexity index is 1100. The number of likely N-dealkylation sites (tertiary alicyclic amines) is 1. The number of ketones is 1. The molecule has 1 fully saturated rings. The Morgan fingerprint density at radius 3 is 2.69 bits per heavy atom. The third kappa shape index (κ3) is 3.32. The number of para-hydroxylation sites is 1. The van der Waals surface area contributed by atoms with E-state index in [-0.39, 0.29) is 11.5 Å². The van der Waals surface area contributed by atoms with Crippen LogP contribution in [0.25, 0.3) is 17.0 Å². The molecule has 0 amide bonds. The van der Waals surface area contributed by atoms with Crippen LogP contribution in [0.2, 0.25) is 0 Å². The van der Waals surface area contributed by atoms with Gasteiger partial charge in [-0.05, 0) is 50.0 Å².